The summed E-state index contributed by atoms with van der Waals surface area (Å²) in [7, 11) is 0. The van der Waals surface area contributed by atoms with Gasteiger partial charge in [-0.1, -0.05) is 43.2 Å². The quantitative estimate of drug-likeness (QED) is 0.822. The molecule has 2 rings (SSSR count). The van der Waals surface area contributed by atoms with Crippen LogP contribution in [0.2, 0.25) is 0 Å². The largest absolute Gasteiger partial charge is 0.394 e. The van der Waals surface area contributed by atoms with Crippen LogP contribution in [-0.4, -0.2) is 31.9 Å². The number of rotatable bonds is 6. The van der Waals surface area contributed by atoms with Gasteiger partial charge in [0.25, 0.3) is 0 Å². The SMILES string of the molecule is CC(C)c1ccc(CNc2nnnn2CCO)cc1. The van der Waals surface area contributed by atoms with Crippen molar-refractivity contribution in [3.8, 4) is 0 Å². The van der Waals surface area contributed by atoms with Gasteiger partial charge in [-0.25, -0.2) is 4.68 Å². The Bertz CT molecular complexity index is 506. The Kier molecular flexibility index (Phi) is 4.46. The summed E-state index contributed by atoms with van der Waals surface area (Å²) in [6.07, 6.45) is 0. The number of aromatic nitrogens is 4. The number of hydrogen-bond acceptors (Lipinski definition) is 5. The van der Waals surface area contributed by atoms with Gasteiger partial charge in [0.15, 0.2) is 0 Å². The molecule has 19 heavy (non-hydrogen) atoms. The third-order valence-corrected chi connectivity index (χ3v) is 2.94. The number of aliphatic hydroxyl groups excluding tert-OH is 1. The molecule has 0 saturated carbocycles. The number of aliphatic hydroxyl groups is 1. The molecule has 2 aromatic rings. The van der Waals surface area contributed by atoms with Crippen molar-refractivity contribution < 1.29 is 5.11 Å². The van der Waals surface area contributed by atoms with Crippen LogP contribution in [0.25, 0.3) is 0 Å². The monoisotopic (exact) mass is 261 g/mol. The maximum absolute atomic E-state index is 8.89. The standard InChI is InChI=1S/C13H19N5O/c1-10(2)12-5-3-11(4-6-12)9-14-13-15-16-17-18(13)7-8-19/h3-6,10,19H,7-9H2,1-2H3,(H,14,15,17). The molecule has 0 unspecified atom stereocenters. The van der Waals surface area contributed by atoms with Crippen LogP contribution in [0.4, 0.5) is 5.95 Å². The highest BCUT2D eigenvalue weighted by molar-refractivity contribution is 5.29. The lowest BCUT2D eigenvalue weighted by atomic mass is 10.0. The number of benzene rings is 1. The van der Waals surface area contributed by atoms with Crippen molar-refractivity contribution >= 4 is 5.95 Å². The van der Waals surface area contributed by atoms with Crippen molar-refractivity contribution in [1.29, 1.82) is 0 Å². The number of tetrazole rings is 1. The van der Waals surface area contributed by atoms with Crippen LogP contribution in [0.15, 0.2) is 24.3 Å². The van der Waals surface area contributed by atoms with E-state index in [1.165, 1.54) is 11.1 Å². The van der Waals surface area contributed by atoms with Crippen LogP contribution < -0.4 is 5.32 Å². The predicted molar refractivity (Wildman–Crippen MR) is 72.8 cm³/mol. The maximum Gasteiger partial charge on any atom is 0.243 e. The van der Waals surface area contributed by atoms with Gasteiger partial charge >= 0.3 is 0 Å². The highest BCUT2D eigenvalue weighted by atomic mass is 16.3. The molecule has 0 aliphatic rings. The Labute approximate surface area is 112 Å². The average molecular weight is 261 g/mol. The van der Waals surface area contributed by atoms with E-state index in [0.717, 1.165) is 0 Å². The molecule has 0 spiro atoms. The summed E-state index contributed by atoms with van der Waals surface area (Å²) in [4.78, 5) is 0. The lowest BCUT2D eigenvalue weighted by Crippen LogP contribution is -2.11. The molecular formula is C13H19N5O. The Morgan fingerprint density at radius 3 is 2.63 bits per heavy atom. The first kappa shape index (κ1) is 13.5. The summed E-state index contributed by atoms with van der Waals surface area (Å²) in [5.41, 5.74) is 2.50. The van der Waals surface area contributed by atoms with E-state index >= 15 is 0 Å². The topological polar surface area (TPSA) is 75.9 Å². The molecule has 0 fully saturated rings. The number of nitrogens with zero attached hydrogens (tertiary/aromatic N) is 4. The van der Waals surface area contributed by atoms with Crippen LogP contribution in [-0.2, 0) is 13.1 Å². The van der Waals surface area contributed by atoms with Crippen LogP contribution >= 0.6 is 0 Å². The van der Waals surface area contributed by atoms with E-state index in [-0.39, 0.29) is 6.61 Å². The minimum Gasteiger partial charge on any atom is -0.394 e. The summed E-state index contributed by atoms with van der Waals surface area (Å²) in [5.74, 6) is 1.11. The average Bonchev–Trinajstić information content (AvgIpc) is 2.85. The summed E-state index contributed by atoms with van der Waals surface area (Å²) < 4.78 is 1.54. The van der Waals surface area contributed by atoms with E-state index in [1.807, 2.05) is 0 Å². The number of nitrogens with one attached hydrogen (secondary N) is 1. The minimum atomic E-state index is 0.0167. The molecule has 0 bridgehead atoms. The zero-order valence-corrected chi connectivity index (χ0v) is 11.2. The van der Waals surface area contributed by atoms with Gasteiger partial charge in [0.05, 0.1) is 13.2 Å². The second-order valence-electron chi connectivity index (χ2n) is 4.70. The van der Waals surface area contributed by atoms with Crippen LogP contribution in [0.3, 0.4) is 0 Å². The van der Waals surface area contributed by atoms with Crippen LogP contribution in [0, 0.1) is 0 Å². The highest BCUT2D eigenvalue weighted by Crippen LogP contribution is 2.15. The van der Waals surface area contributed by atoms with E-state index in [4.69, 9.17) is 5.11 Å². The van der Waals surface area contributed by atoms with Crippen molar-refractivity contribution in [2.75, 3.05) is 11.9 Å². The van der Waals surface area contributed by atoms with E-state index in [1.54, 1.807) is 4.68 Å². The molecule has 0 aliphatic heterocycles. The molecule has 1 heterocycles. The van der Waals surface area contributed by atoms with E-state index in [0.29, 0.717) is 25.0 Å². The number of anilines is 1. The van der Waals surface area contributed by atoms with Crippen molar-refractivity contribution in [3.05, 3.63) is 35.4 Å². The van der Waals surface area contributed by atoms with Gasteiger partial charge in [0, 0.05) is 6.54 Å². The van der Waals surface area contributed by atoms with Crippen molar-refractivity contribution in [2.24, 2.45) is 0 Å². The molecule has 0 aliphatic carbocycles. The minimum absolute atomic E-state index is 0.0167. The molecule has 6 heteroatoms. The third kappa shape index (κ3) is 3.51. The first-order valence-corrected chi connectivity index (χ1v) is 6.40. The van der Waals surface area contributed by atoms with Gasteiger partial charge in [-0.3, -0.25) is 0 Å². The fourth-order valence-corrected chi connectivity index (χ4v) is 1.78. The summed E-state index contributed by atoms with van der Waals surface area (Å²) in [6, 6.07) is 8.47. The zero-order valence-electron chi connectivity index (χ0n) is 11.2. The smallest absolute Gasteiger partial charge is 0.243 e. The molecule has 1 aromatic carbocycles. The van der Waals surface area contributed by atoms with Gasteiger partial charge in [0.2, 0.25) is 5.95 Å². The van der Waals surface area contributed by atoms with Crippen molar-refractivity contribution in [3.63, 3.8) is 0 Å². The van der Waals surface area contributed by atoms with Gasteiger partial charge in [-0.2, -0.15) is 0 Å². The Morgan fingerprint density at radius 2 is 2.00 bits per heavy atom. The molecule has 0 saturated heterocycles. The van der Waals surface area contributed by atoms with Crippen LogP contribution in [0.1, 0.15) is 30.9 Å². The summed E-state index contributed by atoms with van der Waals surface area (Å²) in [5, 5.41) is 23.3. The molecular weight excluding hydrogens is 242 g/mol. The van der Waals surface area contributed by atoms with Gasteiger partial charge in [0.1, 0.15) is 0 Å². The van der Waals surface area contributed by atoms with Gasteiger partial charge in [-0.05, 0) is 27.5 Å². The molecule has 1 aromatic heterocycles. The van der Waals surface area contributed by atoms with Gasteiger partial charge in [-0.15, -0.1) is 0 Å². The molecule has 2 N–H and O–H groups in total. The fourth-order valence-electron chi connectivity index (χ4n) is 1.78. The van der Waals surface area contributed by atoms with E-state index in [2.05, 4.69) is 59.0 Å². The second-order valence-corrected chi connectivity index (χ2v) is 4.70. The molecule has 0 amide bonds. The predicted octanol–water partition coefficient (Wildman–Crippen LogP) is 1.40. The third-order valence-electron chi connectivity index (χ3n) is 2.94. The van der Waals surface area contributed by atoms with Gasteiger partial charge < -0.3 is 10.4 Å². The Hall–Kier alpha value is -1.95. The first-order valence-electron chi connectivity index (χ1n) is 6.40. The normalized spacial score (nSPS) is 10.9. The zero-order chi connectivity index (χ0) is 13.7. The fraction of sp³-hybridized carbons (Fsp3) is 0.462. The van der Waals surface area contributed by atoms with Crippen molar-refractivity contribution in [2.45, 2.75) is 32.9 Å². The summed E-state index contributed by atoms with van der Waals surface area (Å²) >= 11 is 0. The van der Waals surface area contributed by atoms with E-state index < -0.39 is 0 Å². The Balaban J connectivity index is 1.96. The molecule has 0 atom stereocenters. The van der Waals surface area contributed by atoms with E-state index in [9.17, 15) is 0 Å². The Morgan fingerprint density at radius 1 is 1.26 bits per heavy atom. The molecule has 102 valence electrons. The second kappa shape index (κ2) is 6.29. The maximum atomic E-state index is 8.89. The molecule has 6 nitrogen and oxygen atoms in total. The molecule has 0 radical (unpaired) electrons. The highest BCUT2D eigenvalue weighted by Gasteiger charge is 2.05. The summed E-state index contributed by atoms with van der Waals surface area (Å²) in [6.45, 7) is 5.42. The number of hydrogen-bond donors (Lipinski definition) is 2. The lowest BCUT2D eigenvalue weighted by Gasteiger charge is -2.08. The van der Waals surface area contributed by atoms with Crippen molar-refractivity contribution in [1.82, 2.24) is 20.2 Å². The van der Waals surface area contributed by atoms with Crippen LogP contribution in [0.5, 0.6) is 0 Å². The lowest BCUT2D eigenvalue weighted by molar-refractivity contribution is 0.269. The first-order chi connectivity index (χ1) is 9.20.